The summed E-state index contributed by atoms with van der Waals surface area (Å²) in [5.41, 5.74) is 3.94. The van der Waals surface area contributed by atoms with Crippen LogP contribution in [-0.2, 0) is 17.6 Å². The molecule has 7 rings (SSSR count). The number of unbranched alkanes of at least 4 members (excludes halogenated alkanes) is 1. The third-order valence-electron chi connectivity index (χ3n) is 8.90. The van der Waals surface area contributed by atoms with Crippen molar-refractivity contribution in [3.8, 4) is 0 Å². The summed E-state index contributed by atoms with van der Waals surface area (Å²) in [5.74, 6) is 1.02. The quantitative estimate of drug-likeness (QED) is 0.344. The van der Waals surface area contributed by atoms with Crippen LogP contribution in [0.4, 0.5) is 10.5 Å². The van der Waals surface area contributed by atoms with Crippen LogP contribution in [0, 0.1) is 0 Å². The lowest BCUT2D eigenvalue weighted by Crippen LogP contribution is -2.51. The number of piperazine rings is 1. The Kier molecular flexibility index (Phi) is 7.04. The van der Waals surface area contributed by atoms with Gasteiger partial charge in [-0.05, 0) is 61.6 Å². The SMILES string of the molecule is O=C1NC2(CCc3ccccc3C2)C(=O)N1CCCCN1CCN(C2=Nc3ccccc3Sc3ccccc32)CC1. The minimum atomic E-state index is -0.764. The number of carbonyl (C=O) groups excluding carboxylic acids is 2. The minimum absolute atomic E-state index is 0.0465. The van der Waals surface area contributed by atoms with Gasteiger partial charge >= 0.3 is 6.03 Å². The number of imide groups is 1. The van der Waals surface area contributed by atoms with Crippen LogP contribution in [0.2, 0.25) is 0 Å². The zero-order chi connectivity index (χ0) is 27.8. The van der Waals surface area contributed by atoms with Gasteiger partial charge in [-0.15, -0.1) is 0 Å². The Morgan fingerprint density at radius 1 is 0.805 bits per heavy atom. The molecule has 1 atom stereocenters. The number of nitrogens with one attached hydrogen (secondary N) is 1. The summed E-state index contributed by atoms with van der Waals surface area (Å²) in [7, 11) is 0. The number of aliphatic imine (C=N–C) groups is 1. The van der Waals surface area contributed by atoms with Crippen LogP contribution in [0.25, 0.3) is 0 Å². The number of hydrogen-bond acceptors (Lipinski definition) is 6. The molecule has 1 N–H and O–H groups in total. The van der Waals surface area contributed by atoms with E-state index < -0.39 is 5.54 Å². The molecule has 4 aliphatic rings. The fourth-order valence-corrected chi connectivity index (χ4v) is 7.62. The van der Waals surface area contributed by atoms with Crippen LogP contribution in [0.1, 0.15) is 36.0 Å². The highest BCUT2D eigenvalue weighted by Crippen LogP contribution is 2.40. The number of hydrogen-bond donors (Lipinski definition) is 1. The predicted molar refractivity (Wildman–Crippen MR) is 162 cm³/mol. The van der Waals surface area contributed by atoms with Crippen molar-refractivity contribution in [1.82, 2.24) is 20.0 Å². The number of carbonyl (C=O) groups is 2. The van der Waals surface area contributed by atoms with Gasteiger partial charge in [0.05, 0.1) is 5.69 Å². The van der Waals surface area contributed by atoms with E-state index in [-0.39, 0.29) is 11.9 Å². The second-order valence-electron chi connectivity index (χ2n) is 11.5. The molecule has 0 bridgehead atoms. The Morgan fingerprint density at radius 3 is 2.37 bits per heavy atom. The maximum Gasteiger partial charge on any atom is 0.325 e. The second kappa shape index (κ2) is 11.0. The highest BCUT2D eigenvalue weighted by Gasteiger charge is 2.52. The molecule has 0 aromatic heterocycles. The molecule has 210 valence electrons. The van der Waals surface area contributed by atoms with Crippen molar-refractivity contribution in [1.29, 1.82) is 0 Å². The van der Waals surface area contributed by atoms with Crippen LogP contribution in [0.3, 0.4) is 0 Å². The third-order valence-corrected chi connectivity index (χ3v) is 10.0. The Labute approximate surface area is 245 Å². The number of benzene rings is 3. The van der Waals surface area contributed by atoms with Gasteiger partial charge in [-0.3, -0.25) is 14.6 Å². The molecule has 2 saturated heterocycles. The number of nitrogens with zero attached hydrogens (tertiary/aromatic N) is 4. The molecule has 3 aromatic carbocycles. The number of aryl methyl sites for hydroxylation is 1. The molecule has 1 spiro atoms. The molecule has 3 heterocycles. The lowest BCUT2D eigenvalue weighted by molar-refractivity contribution is -0.131. The number of fused-ring (bicyclic) bond motifs is 3. The van der Waals surface area contributed by atoms with Crippen LogP contribution in [0.15, 0.2) is 87.6 Å². The van der Waals surface area contributed by atoms with Crippen LogP contribution < -0.4 is 5.32 Å². The minimum Gasteiger partial charge on any atom is -0.354 e. The first kappa shape index (κ1) is 26.3. The van der Waals surface area contributed by atoms with Crippen molar-refractivity contribution in [3.05, 3.63) is 89.5 Å². The van der Waals surface area contributed by atoms with E-state index in [1.807, 2.05) is 12.1 Å². The highest BCUT2D eigenvalue weighted by atomic mass is 32.2. The van der Waals surface area contributed by atoms with Gasteiger partial charge in [-0.25, -0.2) is 9.79 Å². The van der Waals surface area contributed by atoms with Crippen molar-refractivity contribution >= 4 is 35.2 Å². The maximum absolute atomic E-state index is 13.4. The molecule has 1 aliphatic carbocycles. The van der Waals surface area contributed by atoms with E-state index in [0.29, 0.717) is 19.4 Å². The summed E-state index contributed by atoms with van der Waals surface area (Å²) < 4.78 is 0. The maximum atomic E-state index is 13.4. The zero-order valence-electron chi connectivity index (χ0n) is 23.2. The number of amidine groups is 1. The van der Waals surface area contributed by atoms with Crippen molar-refractivity contribution in [2.75, 3.05) is 39.3 Å². The predicted octanol–water partition coefficient (Wildman–Crippen LogP) is 5.11. The molecular weight excluding hydrogens is 530 g/mol. The molecule has 3 aromatic rings. The van der Waals surface area contributed by atoms with Gasteiger partial charge in [0.1, 0.15) is 11.4 Å². The summed E-state index contributed by atoms with van der Waals surface area (Å²) in [4.78, 5) is 40.2. The molecule has 1 unspecified atom stereocenters. The molecular formula is C33H35N5O2S. The van der Waals surface area contributed by atoms with Gasteiger partial charge in [-0.1, -0.05) is 66.4 Å². The van der Waals surface area contributed by atoms with Gasteiger partial charge in [0, 0.05) is 54.5 Å². The number of rotatable bonds is 5. The highest BCUT2D eigenvalue weighted by molar-refractivity contribution is 7.99. The van der Waals surface area contributed by atoms with Gasteiger partial charge in [-0.2, -0.15) is 0 Å². The van der Waals surface area contributed by atoms with Gasteiger partial charge < -0.3 is 10.2 Å². The standard InChI is InChI=1S/C33H35N5O2S/c39-31-33(16-15-24-9-1-2-10-25(24)23-33)35-32(40)38(31)18-8-7-17-36-19-21-37(22-20-36)30-26-11-3-5-13-28(26)41-29-14-6-4-12-27(29)34-30/h1-6,9-14H,7-8,15-23H2,(H,35,40). The first-order chi connectivity index (χ1) is 20.1. The second-order valence-corrected chi connectivity index (χ2v) is 12.5. The number of amides is 3. The zero-order valence-corrected chi connectivity index (χ0v) is 24.0. The van der Waals surface area contributed by atoms with Crippen LogP contribution in [-0.4, -0.2) is 77.3 Å². The average molecular weight is 566 g/mol. The van der Waals surface area contributed by atoms with E-state index >= 15 is 0 Å². The fourth-order valence-electron chi connectivity index (χ4n) is 6.60. The van der Waals surface area contributed by atoms with Crippen molar-refractivity contribution in [3.63, 3.8) is 0 Å². The first-order valence-electron chi connectivity index (χ1n) is 14.7. The Bertz CT molecular complexity index is 1510. The molecule has 7 nitrogen and oxygen atoms in total. The monoisotopic (exact) mass is 565 g/mol. The van der Waals surface area contributed by atoms with E-state index in [4.69, 9.17) is 4.99 Å². The summed E-state index contributed by atoms with van der Waals surface area (Å²) in [6.07, 6.45) is 3.87. The molecule has 3 aliphatic heterocycles. The smallest absolute Gasteiger partial charge is 0.325 e. The fraction of sp³-hybridized carbons (Fsp3) is 0.364. The molecule has 8 heteroatoms. The Balaban J connectivity index is 0.925. The molecule has 2 fully saturated rings. The summed E-state index contributed by atoms with van der Waals surface area (Å²) >= 11 is 1.79. The van der Waals surface area contributed by atoms with Crippen molar-refractivity contribution in [2.24, 2.45) is 4.99 Å². The van der Waals surface area contributed by atoms with E-state index in [1.165, 1.54) is 31.4 Å². The molecule has 41 heavy (non-hydrogen) atoms. The lowest BCUT2D eigenvalue weighted by atomic mass is 9.78. The van der Waals surface area contributed by atoms with E-state index in [0.717, 1.165) is 63.5 Å². The van der Waals surface area contributed by atoms with E-state index in [2.05, 4.69) is 75.8 Å². The van der Waals surface area contributed by atoms with Crippen LogP contribution in [0.5, 0.6) is 0 Å². The molecule has 0 radical (unpaired) electrons. The third kappa shape index (κ3) is 5.04. The summed E-state index contributed by atoms with van der Waals surface area (Å²) in [6, 6.07) is 25.0. The Hall–Kier alpha value is -3.62. The summed E-state index contributed by atoms with van der Waals surface area (Å²) in [5, 5.41) is 3.06. The average Bonchev–Trinajstić information content (AvgIpc) is 3.13. The van der Waals surface area contributed by atoms with E-state index in [9.17, 15) is 9.59 Å². The normalized spacial score (nSPS) is 22.1. The number of urea groups is 1. The largest absolute Gasteiger partial charge is 0.354 e. The first-order valence-corrected chi connectivity index (χ1v) is 15.5. The van der Waals surface area contributed by atoms with Crippen molar-refractivity contribution in [2.45, 2.75) is 47.4 Å². The molecule has 0 saturated carbocycles. The topological polar surface area (TPSA) is 68.2 Å². The molecule has 3 amide bonds. The van der Waals surface area contributed by atoms with E-state index in [1.54, 1.807) is 11.8 Å². The van der Waals surface area contributed by atoms with Gasteiger partial charge in [0.25, 0.3) is 5.91 Å². The summed E-state index contributed by atoms with van der Waals surface area (Å²) in [6.45, 7) is 5.26. The Morgan fingerprint density at radius 2 is 1.51 bits per heavy atom. The van der Waals surface area contributed by atoms with Crippen LogP contribution >= 0.6 is 11.8 Å². The van der Waals surface area contributed by atoms with Gasteiger partial charge in [0.15, 0.2) is 0 Å². The number of para-hydroxylation sites is 1. The van der Waals surface area contributed by atoms with Gasteiger partial charge in [0.2, 0.25) is 0 Å². The van der Waals surface area contributed by atoms with Crippen molar-refractivity contribution < 1.29 is 9.59 Å². The lowest BCUT2D eigenvalue weighted by Gasteiger charge is -2.36.